The number of benzene rings is 2. The van der Waals surface area contributed by atoms with Crippen LogP contribution in [0.25, 0.3) is 0 Å². The fourth-order valence-electron chi connectivity index (χ4n) is 4.92. The molecule has 5 heteroatoms. The molecular weight excluding hydrogens is 379 g/mol. The molecule has 0 aromatic heterocycles. The lowest BCUT2D eigenvalue weighted by molar-refractivity contribution is -0.896. The predicted octanol–water partition coefficient (Wildman–Crippen LogP) is 3.73. The number of nitrogens with one attached hydrogen (secondary N) is 2. The number of aryl methyl sites for hydroxylation is 1. The van der Waals surface area contributed by atoms with Gasteiger partial charge < -0.3 is 15.0 Å². The molecular formula is C25H32FN2O2+. The van der Waals surface area contributed by atoms with Crippen LogP contribution in [0.15, 0.2) is 36.4 Å². The van der Waals surface area contributed by atoms with E-state index < -0.39 is 17.6 Å². The van der Waals surface area contributed by atoms with E-state index in [1.165, 1.54) is 24.2 Å². The third kappa shape index (κ3) is 3.77. The second-order valence-corrected chi connectivity index (χ2v) is 8.98. The van der Waals surface area contributed by atoms with Gasteiger partial charge in [-0.25, -0.2) is 4.39 Å². The molecule has 2 aliphatic rings. The van der Waals surface area contributed by atoms with Gasteiger partial charge in [0.1, 0.15) is 5.82 Å². The van der Waals surface area contributed by atoms with E-state index in [-0.39, 0.29) is 11.7 Å². The van der Waals surface area contributed by atoms with Crippen LogP contribution in [0, 0.1) is 5.82 Å². The highest BCUT2D eigenvalue weighted by molar-refractivity contribution is 6.03. The molecule has 2 unspecified atom stereocenters. The maximum absolute atomic E-state index is 13.9. The molecule has 0 bridgehead atoms. The van der Waals surface area contributed by atoms with Crippen LogP contribution < -0.4 is 10.2 Å². The Bertz CT molecular complexity index is 952. The van der Waals surface area contributed by atoms with Crippen LogP contribution in [-0.2, 0) is 21.6 Å². The number of hydrogen-bond donors (Lipinski definition) is 2. The summed E-state index contributed by atoms with van der Waals surface area (Å²) in [7, 11) is 0. The average Bonchev–Trinajstić information content (AvgIpc) is 3.17. The third-order valence-electron chi connectivity index (χ3n) is 6.68. The fourth-order valence-corrected chi connectivity index (χ4v) is 4.92. The van der Waals surface area contributed by atoms with Crippen molar-refractivity contribution in [3.05, 3.63) is 64.5 Å². The Morgan fingerprint density at radius 2 is 1.87 bits per heavy atom. The van der Waals surface area contributed by atoms with Gasteiger partial charge in [0, 0.05) is 12.1 Å². The molecule has 2 aromatic carbocycles. The van der Waals surface area contributed by atoms with Crippen LogP contribution in [0.4, 0.5) is 10.1 Å². The normalized spacial score (nSPS) is 21.6. The summed E-state index contributed by atoms with van der Waals surface area (Å²) in [4.78, 5) is 14.4. The quantitative estimate of drug-likeness (QED) is 0.729. The topological polar surface area (TPSA) is 42.8 Å². The molecule has 2 heterocycles. The summed E-state index contributed by atoms with van der Waals surface area (Å²) < 4.78 is 20.3. The summed E-state index contributed by atoms with van der Waals surface area (Å²) in [6.45, 7) is 12.1. The molecule has 0 radical (unpaired) electrons. The zero-order valence-electron chi connectivity index (χ0n) is 18.3. The minimum atomic E-state index is -0.534. The molecule has 2 atom stereocenters. The number of carbonyl (C=O) groups excluding carboxylic acids is 1. The molecule has 0 saturated carbocycles. The van der Waals surface area contributed by atoms with Crippen LogP contribution in [-0.4, -0.2) is 25.5 Å². The van der Waals surface area contributed by atoms with Crippen molar-refractivity contribution in [3.8, 4) is 0 Å². The van der Waals surface area contributed by atoms with Gasteiger partial charge >= 0.3 is 0 Å². The number of rotatable bonds is 7. The summed E-state index contributed by atoms with van der Waals surface area (Å²) in [5.41, 5.74) is 4.35. The molecule has 2 N–H and O–H groups in total. The number of fused-ring (bicyclic) bond motifs is 2. The monoisotopic (exact) mass is 411 g/mol. The highest BCUT2D eigenvalue weighted by Crippen LogP contribution is 2.52. The summed E-state index contributed by atoms with van der Waals surface area (Å²) >= 11 is 0. The Kier molecular flexibility index (Phi) is 5.69. The van der Waals surface area contributed by atoms with Crippen molar-refractivity contribution in [2.24, 2.45) is 0 Å². The van der Waals surface area contributed by atoms with Crippen molar-refractivity contribution in [2.75, 3.05) is 25.0 Å². The first-order valence-corrected chi connectivity index (χ1v) is 11.1. The van der Waals surface area contributed by atoms with Crippen molar-refractivity contribution in [2.45, 2.75) is 58.2 Å². The number of anilines is 1. The fraction of sp³-hybridized carbons (Fsp3) is 0.480. The number of quaternary nitrogens is 1. The number of carbonyl (C=O) groups is 1. The van der Waals surface area contributed by atoms with Crippen LogP contribution >= 0.6 is 0 Å². The molecule has 160 valence electrons. The third-order valence-corrected chi connectivity index (χ3v) is 6.68. The van der Waals surface area contributed by atoms with Crippen LogP contribution in [0.2, 0.25) is 0 Å². The van der Waals surface area contributed by atoms with Gasteiger partial charge in [-0.15, -0.1) is 0 Å². The smallest absolute Gasteiger partial charge is 0.235 e. The maximum Gasteiger partial charge on any atom is 0.235 e. The summed E-state index contributed by atoms with van der Waals surface area (Å²) in [5.74, 6) is -0.998. The Morgan fingerprint density at radius 1 is 1.10 bits per heavy atom. The molecule has 2 aliphatic heterocycles. The molecule has 0 saturated heterocycles. The molecule has 30 heavy (non-hydrogen) atoms. The minimum absolute atomic E-state index is 0.129. The van der Waals surface area contributed by atoms with E-state index in [0.717, 1.165) is 37.1 Å². The van der Waals surface area contributed by atoms with Gasteiger partial charge in [0.05, 0.1) is 37.3 Å². The van der Waals surface area contributed by atoms with E-state index in [4.69, 9.17) is 4.74 Å². The van der Waals surface area contributed by atoms with Crippen molar-refractivity contribution in [1.29, 1.82) is 0 Å². The number of ether oxygens (including phenoxy) is 1. The van der Waals surface area contributed by atoms with E-state index in [1.54, 1.807) is 11.0 Å². The molecule has 0 aliphatic carbocycles. The largest absolute Gasteiger partial charge is 0.362 e. The molecule has 2 aromatic rings. The van der Waals surface area contributed by atoms with Crippen molar-refractivity contribution in [1.82, 2.24) is 0 Å². The number of halogens is 1. The molecule has 4 nitrogen and oxygen atoms in total. The van der Waals surface area contributed by atoms with Crippen LogP contribution in [0.1, 0.15) is 68.4 Å². The summed E-state index contributed by atoms with van der Waals surface area (Å²) in [6.07, 6.45) is 1.78. The zero-order valence-corrected chi connectivity index (χ0v) is 18.3. The Balaban J connectivity index is 1.59. The Hall–Kier alpha value is -2.24. The van der Waals surface area contributed by atoms with Gasteiger partial charge in [-0.1, -0.05) is 18.2 Å². The van der Waals surface area contributed by atoms with Crippen LogP contribution in [0.3, 0.4) is 0 Å². The Labute approximate surface area is 178 Å². The minimum Gasteiger partial charge on any atom is -0.362 e. The summed E-state index contributed by atoms with van der Waals surface area (Å²) in [6, 6.07) is 11.0. The van der Waals surface area contributed by atoms with Crippen molar-refractivity contribution < 1.29 is 18.8 Å². The summed E-state index contributed by atoms with van der Waals surface area (Å²) in [5, 5.41) is 2.88. The zero-order chi connectivity index (χ0) is 21.5. The van der Waals surface area contributed by atoms with Crippen molar-refractivity contribution >= 4 is 11.6 Å². The van der Waals surface area contributed by atoms with Gasteiger partial charge in [0.15, 0.2) is 0 Å². The van der Waals surface area contributed by atoms with E-state index in [9.17, 15) is 9.18 Å². The van der Waals surface area contributed by atoms with Gasteiger partial charge in [-0.05, 0) is 74.6 Å². The second kappa shape index (κ2) is 8.12. The second-order valence-electron chi connectivity index (χ2n) is 8.98. The lowest BCUT2D eigenvalue weighted by Gasteiger charge is -2.23. The molecule has 4 rings (SSSR count). The van der Waals surface area contributed by atoms with E-state index in [0.29, 0.717) is 11.3 Å². The number of amides is 1. The highest BCUT2D eigenvalue weighted by Gasteiger charge is 2.47. The van der Waals surface area contributed by atoms with E-state index in [2.05, 4.69) is 51.2 Å². The first kappa shape index (κ1) is 21.0. The SMILES string of the molecule is CC[NH+](CC)CCCc1ccc2c(c1)C(C)(C)OC2C1C(=O)Nc2ccc(F)cc21. The standard InChI is InChI=1S/C25H31FN2O2/c1-5-28(6-2)13-7-8-16-9-11-18-20(14-16)25(3,4)30-23(18)22-19-15-17(26)10-12-21(19)27-24(22)29/h9-12,14-15,22-23H,5-8,13H2,1-4H3,(H,27,29)/p+1. The Morgan fingerprint density at radius 3 is 2.60 bits per heavy atom. The number of hydrogen-bond acceptors (Lipinski definition) is 2. The highest BCUT2D eigenvalue weighted by atomic mass is 19.1. The van der Waals surface area contributed by atoms with E-state index >= 15 is 0 Å². The first-order valence-electron chi connectivity index (χ1n) is 11.1. The van der Waals surface area contributed by atoms with Gasteiger partial charge in [-0.2, -0.15) is 0 Å². The molecule has 0 fully saturated rings. The van der Waals surface area contributed by atoms with Crippen molar-refractivity contribution in [3.63, 3.8) is 0 Å². The van der Waals surface area contributed by atoms with Gasteiger partial charge in [0.25, 0.3) is 0 Å². The van der Waals surface area contributed by atoms with E-state index in [1.807, 2.05) is 0 Å². The van der Waals surface area contributed by atoms with Crippen LogP contribution in [0.5, 0.6) is 0 Å². The lowest BCUT2D eigenvalue weighted by Crippen LogP contribution is -3.11. The average molecular weight is 412 g/mol. The van der Waals surface area contributed by atoms with Gasteiger partial charge in [-0.3, -0.25) is 4.79 Å². The first-order chi connectivity index (χ1) is 14.3. The molecule has 1 amide bonds. The van der Waals surface area contributed by atoms with Gasteiger partial charge in [0.2, 0.25) is 5.91 Å². The predicted molar refractivity (Wildman–Crippen MR) is 116 cm³/mol. The maximum atomic E-state index is 13.9. The molecule has 0 spiro atoms. The lowest BCUT2D eigenvalue weighted by atomic mass is 9.86.